The molecule has 0 spiro atoms. The summed E-state index contributed by atoms with van der Waals surface area (Å²) in [6, 6.07) is 5.03. The summed E-state index contributed by atoms with van der Waals surface area (Å²) in [5.74, 6) is 0.584. The van der Waals surface area contributed by atoms with Crippen LogP contribution in [0.4, 0.5) is 4.39 Å². The van der Waals surface area contributed by atoms with Crippen molar-refractivity contribution in [1.82, 2.24) is 0 Å². The zero-order chi connectivity index (χ0) is 15.0. The van der Waals surface area contributed by atoms with E-state index < -0.39 is 0 Å². The Balaban J connectivity index is 2.15. The van der Waals surface area contributed by atoms with Crippen LogP contribution in [0.5, 0.6) is 0 Å². The highest BCUT2D eigenvalue weighted by Crippen LogP contribution is 2.46. The Bertz CT molecular complexity index is 470. The molecule has 1 aromatic rings. The molecule has 0 bridgehead atoms. The fourth-order valence-electron chi connectivity index (χ4n) is 3.66. The van der Waals surface area contributed by atoms with Crippen LogP contribution < -0.4 is 5.73 Å². The van der Waals surface area contributed by atoms with Crippen molar-refractivity contribution in [3.63, 3.8) is 0 Å². The number of nitrogens with two attached hydrogens (primary N) is 1. The molecule has 0 unspecified atom stereocenters. The van der Waals surface area contributed by atoms with Crippen LogP contribution in [-0.4, -0.2) is 0 Å². The van der Waals surface area contributed by atoms with Crippen LogP contribution in [-0.2, 0) is 5.54 Å². The molecule has 0 amide bonds. The summed E-state index contributed by atoms with van der Waals surface area (Å²) >= 11 is 0. The molecule has 1 aliphatic rings. The third kappa shape index (κ3) is 2.90. The minimum atomic E-state index is -0.266. The zero-order valence-corrected chi connectivity index (χ0v) is 13.3. The summed E-state index contributed by atoms with van der Waals surface area (Å²) in [6.07, 6.45) is 5.58. The van der Waals surface area contributed by atoms with E-state index in [9.17, 15) is 4.39 Å². The van der Waals surface area contributed by atoms with Crippen LogP contribution in [0.25, 0.3) is 0 Å². The molecule has 1 nitrogen and oxygen atoms in total. The van der Waals surface area contributed by atoms with Gasteiger partial charge in [-0.15, -0.1) is 0 Å². The summed E-state index contributed by atoms with van der Waals surface area (Å²) in [6.45, 7) is 8.97. The van der Waals surface area contributed by atoms with E-state index in [4.69, 9.17) is 5.73 Å². The third-order valence-corrected chi connectivity index (χ3v) is 5.62. The van der Waals surface area contributed by atoms with Gasteiger partial charge in [-0.25, -0.2) is 4.39 Å². The molecule has 1 saturated carbocycles. The van der Waals surface area contributed by atoms with Crippen molar-refractivity contribution in [2.45, 2.75) is 65.3 Å². The van der Waals surface area contributed by atoms with Crippen molar-refractivity contribution in [1.29, 1.82) is 0 Å². The average molecular weight is 277 g/mol. The second kappa shape index (κ2) is 5.48. The minimum absolute atomic E-state index is 0.171. The minimum Gasteiger partial charge on any atom is -0.321 e. The first-order valence-corrected chi connectivity index (χ1v) is 7.84. The summed E-state index contributed by atoms with van der Waals surface area (Å²) in [4.78, 5) is 0. The molecule has 0 aliphatic heterocycles. The first kappa shape index (κ1) is 15.5. The van der Waals surface area contributed by atoms with Crippen LogP contribution in [0.1, 0.15) is 64.0 Å². The van der Waals surface area contributed by atoms with Crippen LogP contribution in [0.15, 0.2) is 18.2 Å². The van der Waals surface area contributed by atoms with Gasteiger partial charge in [0.05, 0.1) is 0 Å². The quantitative estimate of drug-likeness (QED) is 0.834. The number of hydrogen-bond donors (Lipinski definition) is 1. The summed E-state index contributed by atoms with van der Waals surface area (Å²) in [5.41, 5.74) is 8.91. The number of benzene rings is 1. The van der Waals surface area contributed by atoms with E-state index in [1.165, 1.54) is 19.3 Å². The smallest absolute Gasteiger partial charge is 0.123 e. The Morgan fingerprint density at radius 2 is 1.90 bits per heavy atom. The second-order valence-corrected chi connectivity index (χ2v) is 7.23. The van der Waals surface area contributed by atoms with Gasteiger partial charge in [0.15, 0.2) is 0 Å². The van der Waals surface area contributed by atoms with Gasteiger partial charge in [-0.1, -0.05) is 33.3 Å². The van der Waals surface area contributed by atoms with Gasteiger partial charge in [-0.05, 0) is 67.2 Å². The van der Waals surface area contributed by atoms with Gasteiger partial charge in [0.25, 0.3) is 0 Å². The lowest BCUT2D eigenvalue weighted by Crippen LogP contribution is -2.43. The van der Waals surface area contributed by atoms with E-state index in [-0.39, 0.29) is 11.4 Å². The molecular formula is C18H28FN. The molecule has 1 aliphatic carbocycles. The van der Waals surface area contributed by atoms with Crippen molar-refractivity contribution in [3.8, 4) is 0 Å². The highest BCUT2D eigenvalue weighted by atomic mass is 19.1. The lowest BCUT2D eigenvalue weighted by Gasteiger charge is -2.44. The molecule has 2 heteroatoms. The Morgan fingerprint density at radius 3 is 2.40 bits per heavy atom. The van der Waals surface area contributed by atoms with Crippen molar-refractivity contribution in [3.05, 3.63) is 35.1 Å². The van der Waals surface area contributed by atoms with Crippen molar-refractivity contribution < 1.29 is 4.39 Å². The highest BCUT2D eigenvalue weighted by molar-refractivity contribution is 5.33. The van der Waals surface area contributed by atoms with Crippen molar-refractivity contribution in [2.75, 3.05) is 0 Å². The first-order chi connectivity index (χ1) is 9.28. The molecule has 0 saturated heterocycles. The maximum Gasteiger partial charge on any atom is 0.123 e. The van der Waals surface area contributed by atoms with Gasteiger partial charge in [-0.2, -0.15) is 0 Å². The fourth-order valence-corrected chi connectivity index (χ4v) is 3.66. The summed E-state index contributed by atoms with van der Waals surface area (Å²) in [7, 11) is 0. The molecule has 20 heavy (non-hydrogen) atoms. The first-order valence-electron chi connectivity index (χ1n) is 7.84. The maximum absolute atomic E-state index is 13.3. The summed E-state index contributed by atoms with van der Waals surface area (Å²) < 4.78 is 13.3. The maximum atomic E-state index is 13.3. The van der Waals surface area contributed by atoms with E-state index >= 15 is 0 Å². The lowest BCUT2D eigenvalue weighted by molar-refractivity contribution is 0.115. The Kier molecular flexibility index (Phi) is 4.24. The average Bonchev–Trinajstić information content (AvgIpc) is 2.39. The van der Waals surface area contributed by atoms with E-state index in [1.807, 2.05) is 13.0 Å². The number of rotatable bonds is 3. The molecule has 1 fully saturated rings. The third-order valence-electron chi connectivity index (χ3n) is 5.62. The molecular weight excluding hydrogens is 249 g/mol. The van der Waals surface area contributed by atoms with Crippen molar-refractivity contribution >= 4 is 0 Å². The molecule has 1 aromatic carbocycles. The Labute approximate surface area is 122 Å². The number of aryl methyl sites for hydroxylation is 1. The van der Waals surface area contributed by atoms with Gasteiger partial charge < -0.3 is 5.73 Å². The van der Waals surface area contributed by atoms with Gasteiger partial charge in [-0.3, -0.25) is 0 Å². The lowest BCUT2D eigenvalue weighted by atomic mass is 9.64. The van der Waals surface area contributed by atoms with E-state index in [0.29, 0.717) is 5.41 Å². The SMILES string of the molecule is CCC(C)(C)C1CCC(N)(c2ccc(F)cc2C)CC1. The standard InChI is InChI=1S/C18H28FN/c1-5-17(3,4)14-8-10-18(20,11-9-14)16-7-6-15(19)12-13(16)2/h6-7,12,14H,5,8-11,20H2,1-4H3. The molecule has 2 N–H and O–H groups in total. The topological polar surface area (TPSA) is 26.0 Å². The van der Waals surface area contributed by atoms with Gasteiger partial charge in [0, 0.05) is 5.54 Å². The summed E-state index contributed by atoms with van der Waals surface area (Å²) in [5, 5.41) is 0. The highest BCUT2D eigenvalue weighted by Gasteiger charge is 2.38. The van der Waals surface area contributed by atoms with E-state index in [0.717, 1.165) is 29.9 Å². The molecule has 2 rings (SSSR count). The predicted octanol–water partition coefficient (Wildman–Crippen LogP) is 4.91. The van der Waals surface area contributed by atoms with Gasteiger partial charge in [0.2, 0.25) is 0 Å². The molecule has 0 atom stereocenters. The number of hydrogen-bond acceptors (Lipinski definition) is 1. The number of halogens is 1. The van der Waals surface area contributed by atoms with Gasteiger partial charge in [0.1, 0.15) is 5.82 Å². The largest absolute Gasteiger partial charge is 0.321 e. The molecule has 0 aromatic heterocycles. The van der Waals surface area contributed by atoms with Crippen LogP contribution >= 0.6 is 0 Å². The Hall–Kier alpha value is -0.890. The van der Waals surface area contributed by atoms with E-state index in [1.54, 1.807) is 12.1 Å². The van der Waals surface area contributed by atoms with Crippen LogP contribution in [0, 0.1) is 24.1 Å². The molecule has 0 radical (unpaired) electrons. The predicted molar refractivity (Wildman–Crippen MR) is 83.0 cm³/mol. The fraction of sp³-hybridized carbons (Fsp3) is 0.667. The second-order valence-electron chi connectivity index (χ2n) is 7.23. The molecule has 0 heterocycles. The van der Waals surface area contributed by atoms with Crippen molar-refractivity contribution in [2.24, 2.45) is 17.1 Å². The molecule has 112 valence electrons. The van der Waals surface area contributed by atoms with Crippen LogP contribution in [0.2, 0.25) is 0 Å². The normalized spacial score (nSPS) is 27.6. The monoisotopic (exact) mass is 277 g/mol. The Morgan fingerprint density at radius 1 is 1.30 bits per heavy atom. The van der Waals surface area contributed by atoms with Crippen LogP contribution in [0.3, 0.4) is 0 Å². The van der Waals surface area contributed by atoms with E-state index in [2.05, 4.69) is 20.8 Å². The van der Waals surface area contributed by atoms with Gasteiger partial charge >= 0.3 is 0 Å². The zero-order valence-electron chi connectivity index (χ0n) is 13.3.